The molecule has 2 amide bonds. The van der Waals surface area contributed by atoms with E-state index in [0.717, 1.165) is 27.5 Å². The molecule has 36 heavy (non-hydrogen) atoms. The third-order valence-corrected chi connectivity index (χ3v) is 7.22. The normalized spacial score (nSPS) is 17.1. The molecular weight excluding hydrogens is 456 g/mol. The standard InChI is InChI=1S/C28H26N4O4/c1-14(2)31-12-19-24(18-10-16-8-9-17(36-4)11-21(16)30-27(18)34)26-22(13-32(15(3)33)28(26)35)29-20-6-5-7-23(31)25(19)20/h5-12,14,24,29H,13H2,1-4H3,(H,30,34)/t24-/m0/s1. The van der Waals surface area contributed by atoms with Crippen LogP contribution >= 0.6 is 0 Å². The quantitative estimate of drug-likeness (QED) is 0.455. The zero-order valence-electron chi connectivity index (χ0n) is 20.5. The summed E-state index contributed by atoms with van der Waals surface area (Å²) in [4.78, 5) is 43.8. The first-order chi connectivity index (χ1) is 17.3. The van der Waals surface area contributed by atoms with Gasteiger partial charge in [0.15, 0.2) is 0 Å². The monoisotopic (exact) mass is 482 g/mol. The number of rotatable bonds is 3. The number of imide groups is 1. The summed E-state index contributed by atoms with van der Waals surface area (Å²) in [6.07, 6.45) is 2.04. The molecule has 4 heterocycles. The van der Waals surface area contributed by atoms with Gasteiger partial charge in [-0.25, -0.2) is 0 Å². The van der Waals surface area contributed by atoms with Gasteiger partial charge in [-0.05, 0) is 55.1 Å². The van der Waals surface area contributed by atoms with Gasteiger partial charge in [0.25, 0.3) is 11.5 Å². The lowest BCUT2D eigenvalue weighted by molar-refractivity contribution is -0.139. The SMILES string of the molecule is COc1ccc2cc([C@@H]3C4=C(CN(C(C)=O)C4=O)Nc4cccc5c4c3cn5C(C)C)c(=O)[nH]c2c1. The third-order valence-electron chi connectivity index (χ3n) is 7.22. The number of H-pyrrole nitrogens is 1. The average Bonchev–Trinajstić information content (AvgIpc) is 3.34. The van der Waals surface area contributed by atoms with Crippen LogP contribution in [0.1, 0.15) is 43.9 Å². The van der Waals surface area contributed by atoms with Gasteiger partial charge in [-0.15, -0.1) is 0 Å². The van der Waals surface area contributed by atoms with Crippen molar-refractivity contribution >= 4 is 39.3 Å². The van der Waals surface area contributed by atoms with Gasteiger partial charge in [0, 0.05) is 53.5 Å². The van der Waals surface area contributed by atoms with Gasteiger partial charge >= 0.3 is 0 Å². The summed E-state index contributed by atoms with van der Waals surface area (Å²) < 4.78 is 7.47. The highest BCUT2D eigenvalue weighted by molar-refractivity contribution is 6.11. The first kappa shape index (κ1) is 22.2. The Labute approximate surface area is 207 Å². The number of methoxy groups -OCH3 is 1. The molecule has 0 fully saturated rings. The second-order valence-corrected chi connectivity index (χ2v) is 9.65. The highest BCUT2D eigenvalue weighted by Crippen LogP contribution is 2.46. The van der Waals surface area contributed by atoms with E-state index in [-0.39, 0.29) is 30.0 Å². The van der Waals surface area contributed by atoms with Crippen molar-refractivity contribution in [2.45, 2.75) is 32.7 Å². The third kappa shape index (κ3) is 3.10. The summed E-state index contributed by atoms with van der Waals surface area (Å²) in [6.45, 7) is 5.73. The van der Waals surface area contributed by atoms with E-state index in [0.29, 0.717) is 28.1 Å². The Morgan fingerprint density at radius 1 is 1.11 bits per heavy atom. The molecule has 0 bridgehead atoms. The molecule has 0 unspecified atom stereocenters. The van der Waals surface area contributed by atoms with Crippen LogP contribution < -0.4 is 15.6 Å². The van der Waals surface area contributed by atoms with Gasteiger partial charge in [0.05, 0.1) is 30.3 Å². The fraction of sp³-hybridized carbons (Fsp3) is 0.250. The molecule has 182 valence electrons. The predicted octanol–water partition coefficient (Wildman–Crippen LogP) is 4.27. The molecule has 6 rings (SSSR count). The Morgan fingerprint density at radius 3 is 2.64 bits per heavy atom. The summed E-state index contributed by atoms with van der Waals surface area (Å²) >= 11 is 0. The zero-order valence-corrected chi connectivity index (χ0v) is 20.5. The molecule has 2 aromatic carbocycles. The zero-order chi connectivity index (χ0) is 25.3. The van der Waals surface area contributed by atoms with Crippen LogP contribution in [0.3, 0.4) is 0 Å². The molecule has 0 saturated heterocycles. The predicted molar refractivity (Wildman–Crippen MR) is 138 cm³/mol. The topological polar surface area (TPSA) is 96.4 Å². The summed E-state index contributed by atoms with van der Waals surface area (Å²) in [5.74, 6) is -0.707. The number of aromatic nitrogens is 2. The average molecular weight is 483 g/mol. The molecule has 2 aliphatic rings. The van der Waals surface area contributed by atoms with Gasteiger partial charge in [0.1, 0.15) is 5.75 Å². The van der Waals surface area contributed by atoms with E-state index in [9.17, 15) is 14.4 Å². The van der Waals surface area contributed by atoms with E-state index in [2.05, 4.69) is 34.8 Å². The summed E-state index contributed by atoms with van der Waals surface area (Å²) in [5, 5.41) is 5.25. The van der Waals surface area contributed by atoms with E-state index in [4.69, 9.17) is 4.74 Å². The van der Waals surface area contributed by atoms with Crippen LogP contribution in [0.4, 0.5) is 5.69 Å². The molecule has 8 heteroatoms. The smallest absolute Gasteiger partial charge is 0.259 e. The molecule has 8 nitrogen and oxygen atoms in total. The fourth-order valence-electron chi connectivity index (χ4n) is 5.52. The van der Waals surface area contributed by atoms with Crippen LogP contribution in [0.25, 0.3) is 21.8 Å². The van der Waals surface area contributed by atoms with Crippen LogP contribution in [0.15, 0.2) is 64.7 Å². The first-order valence-electron chi connectivity index (χ1n) is 12.0. The number of nitrogens with zero attached hydrogens (tertiary/aromatic N) is 2. The molecule has 0 saturated carbocycles. The van der Waals surface area contributed by atoms with Gasteiger partial charge < -0.3 is 19.6 Å². The van der Waals surface area contributed by atoms with E-state index >= 15 is 0 Å². The van der Waals surface area contributed by atoms with Crippen LogP contribution in [0.2, 0.25) is 0 Å². The molecular formula is C28H26N4O4. The van der Waals surface area contributed by atoms with Gasteiger partial charge in [-0.2, -0.15) is 0 Å². The highest BCUT2D eigenvalue weighted by atomic mass is 16.5. The van der Waals surface area contributed by atoms with Crippen molar-refractivity contribution in [3.8, 4) is 5.75 Å². The van der Waals surface area contributed by atoms with Crippen molar-refractivity contribution in [3.63, 3.8) is 0 Å². The fourth-order valence-corrected chi connectivity index (χ4v) is 5.52. The van der Waals surface area contributed by atoms with Crippen LogP contribution in [-0.2, 0) is 9.59 Å². The molecule has 2 N–H and O–H groups in total. The number of ether oxygens (including phenoxy) is 1. The maximum absolute atomic E-state index is 13.7. The van der Waals surface area contributed by atoms with E-state index in [1.54, 1.807) is 13.2 Å². The summed E-state index contributed by atoms with van der Waals surface area (Å²) in [6, 6.07) is 13.5. The highest BCUT2D eigenvalue weighted by Gasteiger charge is 2.42. The lowest BCUT2D eigenvalue weighted by Gasteiger charge is -2.19. The van der Waals surface area contributed by atoms with Crippen molar-refractivity contribution in [1.29, 1.82) is 0 Å². The minimum atomic E-state index is -0.647. The molecule has 2 aliphatic heterocycles. The number of anilines is 1. The minimum absolute atomic E-state index is 0.146. The van der Waals surface area contributed by atoms with Gasteiger partial charge in [0.2, 0.25) is 5.91 Å². The number of carbonyl (C=O) groups is 2. The van der Waals surface area contributed by atoms with Crippen molar-refractivity contribution in [1.82, 2.24) is 14.5 Å². The lowest BCUT2D eigenvalue weighted by atomic mass is 9.84. The molecule has 0 radical (unpaired) electrons. The Kier molecular flexibility index (Phi) is 4.83. The van der Waals surface area contributed by atoms with Crippen LogP contribution in [-0.4, -0.2) is 39.9 Å². The Hall–Kier alpha value is -4.33. The first-order valence-corrected chi connectivity index (χ1v) is 12.0. The van der Waals surface area contributed by atoms with Crippen molar-refractivity contribution < 1.29 is 14.3 Å². The van der Waals surface area contributed by atoms with Crippen molar-refractivity contribution in [3.05, 3.63) is 81.4 Å². The second kappa shape index (κ2) is 7.84. The molecule has 4 aromatic rings. The van der Waals surface area contributed by atoms with Crippen molar-refractivity contribution in [2.75, 3.05) is 19.0 Å². The maximum Gasteiger partial charge on any atom is 0.259 e. The number of hydrogen-bond acceptors (Lipinski definition) is 5. The number of nitrogens with one attached hydrogen (secondary N) is 2. The number of benzene rings is 2. The van der Waals surface area contributed by atoms with E-state index < -0.39 is 5.92 Å². The summed E-state index contributed by atoms with van der Waals surface area (Å²) in [7, 11) is 1.58. The molecule has 1 atom stereocenters. The van der Waals surface area contributed by atoms with Gasteiger partial charge in [-0.3, -0.25) is 19.3 Å². The van der Waals surface area contributed by atoms with Gasteiger partial charge in [-0.1, -0.05) is 6.07 Å². The number of hydrogen-bond donors (Lipinski definition) is 2. The van der Waals surface area contributed by atoms with Crippen LogP contribution in [0, 0.1) is 0 Å². The van der Waals surface area contributed by atoms with Crippen molar-refractivity contribution in [2.24, 2.45) is 0 Å². The molecule has 0 aliphatic carbocycles. The Morgan fingerprint density at radius 2 is 1.92 bits per heavy atom. The number of carbonyl (C=O) groups excluding carboxylic acids is 2. The molecule has 0 spiro atoms. The number of aromatic amines is 1. The lowest BCUT2D eigenvalue weighted by Crippen LogP contribution is -2.33. The van der Waals surface area contributed by atoms with E-state index in [1.807, 2.05) is 36.5 Å². The number of amides is 2. The van der Waals surface area contributed by atoms with E-state index in [1.165, 1.54) is 11.8 Å². The molecule has 2 aromatic heterocycles. The number of fused-ring (bicyclic) bond motifs is 1. The number of pyridine rings is 1. The maximum atomic E-state index is 13.7. The van der Waals surface area contributed by atoms with Crippen LogP contribution in [0.5, 0.6) is 5.75 Å². The largest absolute Gasteiger partial charge is 0.497 e. The Bertz CT molecular complexity index is 1690. The second-order valence-electron chi connectivity index (χ2n) is 9.65. The summed E-state index contributed by atoms with van der Waals surface area (Å²) in [5.41, 5.74) is 4.65. The Balaban J connectivity index is 1.68. The minimum Gasteiger partial charge on any atom is -0.497 e.